The fourth-order valence-corrected chi connectivity index (χ4v) is 1.79. The summed E-state index contributed by atoms with van der Waals surface area (Å²) in [5.41, 5.74) is 3.03. The average molecular weight is 254 g/mol. The van der Waals surface area contributed by atoms with Gasteiger partial charge in [0.2, 0.25) is 0 Å². The SMILES string of the molecule is CCOC(=O)c1cccc(-c2ccc(C=O)cc2)c1. The lowest BCUT2D eigenvalue weighted by atomic mass is 10.0. The van der Waals surface area contributed by atoms with Gasteiger partial charge >= 0.3 is 5.97 Å². The Balaban J connectivity index is 2.31. The number of benzene rings is 2. The predicted molar refractivity (Wildman–Crippen MR) is 73.2 cm³/mol. The van der Waals surface area contributed by atoms with Crippen molar-refractivity contribution >= 4 is 12.3 Å². The maximum atomic E-state index is 11.7. The number of carbonyl (C=O) groups is 2. The van der Waals surface area contributed by atoms with Gasteiger partial charge in [0.05, 0.1) is 12.2 Å². The second-order valence-electron chi connectivity index (χ2n) is 4.04. The predicted octanol–water partition coefficient (Wildman–Crippen LogP) is 3.34. The molecule has 2 rings (SSSR count). The molecule has 0 heterocycles. The summed E-state index contributed by atoms with van der Waals surface area (Å²) in [6, 6.07) is 14.4. The van der Waals surface area contributed by atoms with E-state index < -0.39 is 0 Å². The fraction of sp³-hybridized carbons (Fsp3) is 0.125. The van der Waals surface area contributed by atoms with Crippen LogP contribution in [0.25, 0.3) is 11.1 Å². The van der Waals surface area contributed by atoms with Crippen molar-refractivity contribution in [2.75, 3.05) is 6.61 Å². The molecule has 0 aliphatic carbocycles. The minimum absolute atomic E-state index is 0.325. The molecule has 0 saturated heterocycles. The molecule has 0 saturated carbocycles. The lowest BCUT2D eigenvalue weighted by Gasteiger charge is -2.05. The van der Waals surface area contributed by atoms with E-state index in [4.69, 9.17) is 4.74 Å². The van der Waals surface area contributed by atoms with Gasteiger partial charge in [-0.05, 0) is 30.2 Å². The first-order valence-corrected chi connectivity index (χ1v) is 6.07. The number of aldehydes is 1. The van der Waals surface area contributed by atoms with E-state index in [0.29, 0.717) is 17.7 Å². The highest BCUT2D eigenvalue weighted by molar-refractivity contribution is 5.91. The van der Waals surface area contributed by atoms with Crippen LogP contribution < -0.4 is 0 Å². The zero-order chi connectivity index (χ0) is 13.7. The summed E-state index contributed by atoms with van der Waals surface area (Å²) in [7, 11) is 0. The normalized spacial score (nSPS) is 9.95. The zero-order valence-corrected chi connectivity index (χ0v) is 10.6. The number of esters is 1. The summed E-state index contributed by atoms with van der Waals surface area (Å²) in [6.45, 7) is 2.14. The summed E-state index contributed by atoms with van der Waals surface area (Å²) < 4.78 is 4.97. The van der Waals surface area contributed by atoms with Crippen molar-refractivity contribution in [2.45, 2.75) is 6.92 Å². The Morgan fingerprint density at radius 1 is 1.11 bits per heavy atom. The third kappa shape index (κ3) is 3.07. The number of carbonyl (C=O) groups excluding carboxylic acids is 2. The van der Waals surface area contributed by atoms with Crippen LogP contribution in [0.1, 0.15) is 27.6 Å². The molecule has 0 aromatic heterocycles. The van der Waals surface area contributed by atoms with Crippen LogP contribution in [0.5, 0.6) is 0 Å². The lowest BCUT2D eigenvalue weighted by Crippen LogP contribution is -2.04. The summed E-state index contributed by atoms with van der Waals surface area (Å²) in [6.07, 6.45) is 0.804. The van der Waals surface area contributed by atoms with Crippen LogP contribution in [0.4, 0.5) is 0 Å². The molecule has 96 valence electrons. The molecule has 19 heavy (non-hydrogen) atoms. The topological polar surface area (TPSA) is 43.4 Å². The van der Waals surface area contributed by atoms with Gasteiger partial charge in [-0.3, -0.25) is 4.79 Å². The van der Waals surface area contributed by atoms with Crippen molar-refractivity contribution in [3.63, 3.8) is 0 Å². The van der Waals surface area contributed by atoms with Gasteiger partial charge in [-0.15, -0.1) is 0 Å². The number of hydrogen-bond donors (Lipinski definition) is 0. The van der Waals surface area contributed by atoms with Gasteiger partial charge in [0.1, 0.15) is 6.29 Å². The molecule has 0 amide bonds. The van der Waals surface area contributed by atoms with Gasteiger partial charge in [-0.2, -0.15) is 0 Å². The van der Waals surface area contributed by atoms with Crippen molar-refractivity contribution < 1.29 is 14.3 Å². The quantitative estimate of drug-likeness (QED) is 0.620. The van der Waals surface area contributed by atoms with E-state index in [1.165, 1.54) is 0 Å². The highest BCUT2D eigenvalue weighted by Gasteiger charge is 2.07. The Kier molecular flexibility index (Phi) is 4.08. The number of hydrogen-bond acceptors (Lipinski definition) is 3. The van der Waals surface area contributed by atoms with E-state index in [1.807, 2.05) is 24.3 Å². The molecule has 0 fully saturated rings. The molecular weight excluding hydrogens is 240 g/mol. The second kappa shape index (κ2) is 5.96. The minimum Gasteiger partial charge on any atom is -0.462 e. The standard InChI is InChI=1S/C16H14O3/c1-2-19-16(18)15-5-3-4-14(10-15)13-8-6-12(11-17)7-9-13/h3-11H,2H2,1H3. The van der Waals surface area contributed by atoms with Crippen molar-refractivity contribution in [3.05, 3.63) is 59.7 Å². The highest BCUT2D eigenvalue weighted by atomic mass is 16.5. The smallest absolute Gasteiger partial charge is 0.338 e. The van der Waals surface area contributed by atoms with Gasteiger partial charge < -0.3 is 4.74 Å². The van der Waals surface area contributed by atoms with E-state index in [1.54, 1.807) is 31.2 Å². The number of rotatable bonds is 4. The van der Waals surface area contributed by atoms with Gasteiger partial charge in [0, 0.05) is 5.56 Å². The van der Waals surface area contributed by atoms with E-state index in [-0.39, 0.29) is 5.97 Å². The Bertz CT molecular complexity index is 585. The molecule has 0 radical (unpaired) electrons. The van der Waals surface area contributed by atoms with E-state index >= 15 is 0 Å². The molecule has 3 heteroatoms. The Morgan fingerprint density at radius 3 is 2.47 bits per heavy atom. The third-order valence-corrected chi connectivity index (χ3v) is 2.75. The Hall–Kier alpha value is -2.42. The van der Waals surface area contributed by atoms with Gasteiger partial charge in [-0.1, -0.05) is 36.4 Å². The van der Waals surface area contributed by atoms with Crippen molar-refractivity contribution in [3.8, 4) is 11.1 Å². The molecule has 0 N–H and O–H groups in total. The Morgan fingerprint density at radius 2 is 1.84 bits per heavy atom. The zero-order valence-electron chi connectivity index (χ0n) is 10.6. The van der Waals surface area contributed by atoms with Crippen molar-refractivity contribution in [1.29, 1.82) is 0 Å². The van der Waals surface area contributed by atoms with Crippen LogP contribution in [0.15, 0.2) is 48.5 Å². The van der Waals surface area contributed by atoms with E-state index in [0.717, 1.165) is 17.4 Å². The van der Waals surface area contributed by atoms with Crippen LogP contribution in [-0.4, -0.2) is 18.9 Å². The first-order valence-electron chi connectivity index (χ1n) is 6.07. The van der Waals surface area contributed by atoms with E-state index in [2.05, 4.69) is 0 Å². The monoisotopic (exact) mass is 254 g/mol. The largest absolute Gasteiger partial charge is 0.462 e. The molecule has 0 aliphatic rings. The number of ether oxygens (including phenoxy) is 1. The molecule has 0 unspecified atom stereocenters. The van der Waals surface area contributed by atoms with Gasteiger partial charge in [0.25, 0.3) is 0 Å². The van der Waals surface area contributed by atoms with Crippen molar-refractivity contribution in [2.24, 2.45) is 0 Å². The molecule has 2 aromatic rings. The molecule has 3 nitrogen and oxygen atoms in total. The molecular formula is C16H14O3. The van der Waals surface area contributed by atoms with Crippen molar-refractivity contribution in [1.82, 2.24) is 0 Å². The second-order valence-corrected chi connectivity index (χ2v) is 4.04. The third-order valence-electron chi connectivity index (χ3n) is 2.75. The minimum atomic E-state index is -0.325. The molecule has 0 aliphatic heterocycles. The van der Waals surface area contributed by atoms with Crippen LogP contribution in [0, 0.1) is 0 Å². The van der Waals surface area contributed by atoms with Crippen LogP contribution in [0.3, 0.4) is 0 Å². The summed E-state index contributed by atoms with van der Waals surface area (Å²) in [4.78, 5) is 22.3. The first kappa shape index (κ1) is 13.0. The maximum absolute atomic E-state index is 11.7. The molecule has 0 spiro atoms. The highest BCUT2D eigenvalue weighted by Crippen LogP contribution is 2.21. The average Bonchev–Trinajstić information content (AvgIpc) is 2.48. The summed E-state index contributed by atoms with van der Waals surface area (Å²) in [5.74, 6) is -0.325. The van der Waals surface area contributed by atoms with Crippen LogP contribution in [-0.2, 0) is 4.74 Å². The molecule has 0 atom stereocenters. The summed E-state index contributed by atoms with van der Waals surface area (Å²) in [5, 5.41) is 0. The summed E-state index contributed by atoms with van der Waals surface area (Å²) >= 11 is 0. The van der Waals surface area contributed by atoms with Crippen LogP contribution >= 0.6 is 0 Å². The maximum Gasteiger partial charge on any atom is 0.338 e. The first-order chi connectivity index (χ1) is 9.24. The Labute approximate surface area is 111 Å². The van der Waals surface area contributed by atoms with Gasteiger partial charge in [-0.25, -0.2) is 4.79 Å². The van der Waals surface area contributed by atoms with Crippen LogP contribution in [0.2, 0.25) is 0 Å². The molecule has 2 aromatic carbocycles. The fourth-order valence-electron chi connectivity index (χ4n) is 1.79. The van der Waals surface area contributed by atoms with Gasteiger partial charge in [0.15, 0.2) is 0 Å². The molecule has 0 bridgehead atoms. The lowest BCUT2D eigenvalue weighted by molar-refractivity contribution is 0.0526. The van der Waals surface area contributed by atoms with E-state index in [9.17, 15) is 9.59 Å².